The van der Waals surface area contributed by atoms with Crippen LogP contribution in [-0.4, -0.2) is 38.2 Å². The minimum absolute atomic E-state index is 0. The van der Waals surface area contributed by atoms with Gasteiger partial charge in [0.15, 0.2) is 17.2 Å². The van der Waals surface area contributed by atoms with E-state index in [1.54, 1.807) is 48.5 Å². The van der Waals surface area contributed by atoms with Crippen LogP contribution in [0.15, 0.2) is 66.7 Å². The Bertz CT molecular complexity index is 1240. The van der Waals surface area contributed by atoms with Gasteiger partial charge in [-0.25, -0.2) is 0 Å². The van der Waals surface area contributed by atoms with Crippen molar-refractivity contribution in [1.82, 2.24) is 15.0 Å². The molecule has 3 aromatic carbocycles. The monoisotopic (exact) mass is 550 g/mol. The smallest absolute Gasteiger partial charge is 0.343 e. The van der Waals surface area contributed by atoms with Crippen LogP contribution in [0.2, 0.25) is 5.02 Å². The van der Waals surface area contributed by atoms with E-state index in [0.29, 0.717) is 22.0 Å². The van der Waals surface area contributed by atoms with Crippen molar-refractivity contribution in [3.63, 3.8) is 0 Å². The number of tetrazole rings is 1. The molecule has 0 aliphatic rings. The third kappa shape index (κ3) is 4.47. The maximum absolute atomic E-state index is 13.1. The largest absolute Gasteiger partial charge is 1.00 e. The number of hydrogen-bond acceptors (Lipinski definition) is 6. The molecule has 2 N–H and O–H groups in total. The van der Waals surface area contributed by atoms with Gasteiger partial charge in [0.25, 0.3) is 0 Å². The van der Waals surface area contributed by atoms with Gasteiger partial charge >= 0.3 is 11.7 Å². The van der Waals surface area contributed by atoms with Gasteiger partial charge in [-0.3, -0.25) is 4.79 Å². The van der Waals surface area contributed by atoms with Crippen molar-refractivity contribution < 1.29 is 48.5 Å². The van der Waals surface area contributed by atoms with Gasteiger partial charge in [-0.05, 0) is 64.5 Å². The topological polar surface area (TPSA) is 101 Å². The molecule has 0 aliphatic heterocycles. The molecule has 10 heteroatoms. The zero-order valence-corrected chi connectivity index (χ0v) is 19.0. The number of halogens is 2. The summed E-state index contributed by atoms with van der Waals surface area (Å²) in [4.78, 5) is 15.5. The van der Waals surface area contributed by atoms with Crippen molar-refractivity contribution in [3.8, 4) is 34.3 Å². The number of methoxy groups -OCH3 is 1. The molecule has 0 saturated carbocycles. The number of carbonyl (C=O) groups excluding carboxylic acids is 1. The van der Waals surface area contributed by atoms with Gasteiger partial charge in [-0.2, -0.15) is 0 Å². The van der Waals surface area contributed by atoms with Crippen LogP contribution < -0.4 is 33.5 Å². The van der Waals surface area contributed by atoms with Crippen LogP contribution in [0.25, 0.3) is 17.1 Å². The summed E-state index contributed by atoms with van der Waals surface area (Å²) in [6.45, 7) is 0. The van der Waals surface area contributed by atoms with E-state index < -0.39 is 5.91 Å². The molecule has 1 heterocycles. The van der Waals surface area contributed by atoms with Crippen LogP contribution in [0.4, 0.5) is 0 Å². The van der Waals surface area contributed by atoms with Crippen LogP contribution in [0.5, 0.6) is 17.2 Å². The first-order valence-corrected chi connectivity index (χ1v) is 9.21. The molecule has 0 radical (unpaired) electrons. The molecular weight excluding hydrogens is 535 g/mol. The minimum atomic E-state index is -0.584. The number of carbonyl (C=O) groups is 1. The first-order valence-electron chi connectivity index (χ1n) is 8.83. The summed E-state index contributed by atoms with van der Waals surface area (Å²) in [5.41, 5.74) is 1.06. The van der Waals surface area contributed by atoms with Gasteiger partial charge in [0.05, 0.1) is 28.1 Å². The Kier molecular flexibility index (Phi) is 6.76. The Balaban J connectivity index is 0.00000272. The van der Waals surface area contributed by atoms with Crippen molar-refractivity contribution in [2.75, 3.05) is 7.11 Å². The van der Waals surface area contributed by atoms with Crippen molar-refractivity contribution in [1.29, 1.82) is 0 Å². The van der Waals surface area contributed by atoms with E-state index in [1.165, 1.54) is 30.1 Å². The third-order valence-corrected chi connectivity index (χ3v) is 4.62. The van der Waals surface area contributed by atoms with Crippen LogP contribution in [-0.2, 0) is 0 Å². The Morgan fingerprint density at radius 1 is 1.03 bits per heavy atom. The lowest BCUT2D eigenvalue weighted by molar-refractivity contribution is -0.732. The highest BCUT2D eigenvalue weighted by atomic mass is 127. The fourth-order valence-corrected chi connectivity index (χ4v) is 2.99. The van der Waals surface area contributed by atoms with Crippen LogP contribution in [0.1, 0.15) is 10.4 Å². The van der Waals surface area contributed by atoms with E-state index in [9.17, 15) is 15.0 Å². The van der Waals surface area contributed by atoms with E-state index >= 15 is 0 Å². The average molecular weight is 551 g/mol. The molecule has 0 aliphatic carbocycles. The number of phenols is 2. The summed E-state index contributed by atoms with van der Waals surface area (Å²) >= 11 is 5.97. The van der Waals surface area contributed by atoms with Crippen LogP contribution >= 0.6 is 11.6 Å². The summed E-state index contributed by atoms with van der Waals surface area (Å²) < 4.78 is 5.06. The summed E-state index contributed by atoms with van der Waals surface area (Å²) in [5.74, 6) is -0.360. The Morgan fingerprint density at radius 3 is 2.39 bits per heavy atom. The summed E-state index contributed by atoms with van der Waals surface area (Å²) in [5, 5.41) is 29.5. The number of nitrogens with zero attached hydrogens (tertiary/aromatic N) is 4. The van der Waals surface area contributed by atoms with Gasteiger partial charge in [0.1, 0.15) is 5.75 Å². The zero-order valence-electron chi connectivity index (χ0n) is 16.1. The lowest BCUT2D eigenvalue weighted by Gasteiger charge is -2.02. The standard InChI is InChI=1S/C21H15ClN4O4.HI/c1-30-19-11-6-13(12-18(19)28)20-23-25(15-9-7-14(22)8-10-15)26(24-20)21(29)16-4-2-3-5-17(16)27;/h2-12H,1H3,(H-,27,28,29);1H. The second-order valence-corrected chi connectivity index (χ2v) is 6.72. The van der Waals surface area contributed by atoms with Gasteiger partial charge in [0.2, 0.25) is 0 Å². The fraction of sp³-hybridized carbons (Fsp3) is 0.0476. The lowest BCUT2D eigenvalue weighted by atomic mass is 10.2. The number of ether oxygens (including phenoxy) is 1. The first kappa shape index (κ1) is 22.5. The van der Waals surface area contributed by atoms with E-state index in [-0.39, 0.29) is 46.9 Å². The molecular formula is C21H16ClIN4O4. The van der Waals surface area contributed by atoms with Gasteiger partial charge in [-0.1, -0.05) is 23.7 Å². The molecule has 1 aromatic heterocycles. The number of hydrogen-bond donors (Lipinski definition) is 2. The lowest BCUT2D eigenvalue weighted by Crippen LogP contribution is -3.00. The SMILES string of the molecule is COc1ccc(-c2nn(C(=O)c3ccccc3O)[n+](-c3ccc(Cl)cc3)n2)cc1O.[I-]. The normalized spacial score (nSPS) is 10.4. The van der Waals surface area contributed by atoms with Crippen molar-refractivity contribution in [2.45, 2.75) is 0 Å². The summed E-state index contributed by atoms with van der Waals surface area (Å²) in [6, 6.07) is 17.5. The van der Waals surface area contributed by atoms with Crippen molar-refractivity contribution in [2.24, 2.45) is 0 Å². The van der Waals surface area contributed by atoms with E-state index in [2.05, 4.69) is 10.2 Å². The van der Waals surface area contributed by atoms with Gasteiger partial charge < -0.3 is 38.9 Å². The third-order valence-electron chi connectivity index (χ3n) is 4.37. The molecule has 0 spiro atoms. The number of benzene rings is 3. The maximum atomic E-state index is 13.1. The molecule has 0 unspecified atom stereocenters. The van der Waals surface area contributed by atoms with Gasteiger partial charge in [0, 0.05) is 5.02 Å². The maximum Gasteiger partial charge on any atom is 0.343 e. The minimum Gasteiger partial charge on any atom is -1.00 e. The Morgan fingerprint density at radius 2 is 1.74 bits per heavy atom. The van der Waals surface area contributed by atoms with E-state index in [0.717, 1.165) is 4.80 Å². The fourth-order valence-electron chi connectivity index (χ4n) is 2.86. The number of aromatic hydroxyl groups is 2. The summed E-state index contributed by atoms with van der Waals surface area (Å²) in [6.07, 6.45) is 0. The van der Waals surface area contributed by atoms with E-state index in [4.69, 9.17) is 16.3 Å². The van der Waals surface area contributed by atoms with E-state index in [1.807, 2.05) is 0 Å². The highest BCUT2D eigenvalue weighted by Crippen LogP contribution is 2.29. The van der Waals surface area contributed by atoms with Crippen LogP contribution in [0, 0.1) is 0 Å². The molecule has 8 nitrogen and oxygen atoms in total. The zero-order chi connectivity index (χ0) is 21.3. The second-order valence-electron chi connectivity index (χ2n) is 6.29. The predicted molar refractivity (Wildman–Crippen MR) is 108 cm³/mol. The number of phenolic OH excluding ortho intramolecular Hbond substituents is 2. The molecule has 158 valence electrons. The average Bonchev–Trinajstić information content (AvgIpc) is 3.19. The quantitative estimate of drug-likeness (QED) is 0.274. The molecule has 0 bridgehead atoms. The van der Waals surface area contributed by atoms with Crippen molar-refractivity contribution in [3.05, 3.63) is 77.3 Å². The van der Waals surface area contributed by atoms with Crippen molar-refractivity contribution >= 4 is 17.5 Å². The molecule has 0 atom stereocenters. The Labute approximate surface area is 199 Å². The second kappa shape index (κ2) is 9.31. The molecule has 4 aromatic rings. The molecule has 0 amide bonds. The molecule has 31 heavy (non-hydrogen) atoms. The summed E-state index contributed by atoms with van der Waals surface area (Å²) in [7, 11) is 1.45. The molecule has 0 fully saturated rings. The van der Waals surface area contributed by atoms with Gasteiger partial charge in [-0.15, -0.1) is 0 Å². The van der Waals surface area contributed by atoms with Crippen LogP contribution in [0.3, 0.4) is 0 Å². The Hall–Kier alpha value is -3.18. The number of rotatable bonds is 4. The number of para-hydroxylation sites is 1. The molecule has 4 rings (SSSR count). The highest BCUT2D eigenvalue weighted by Gasteiger charge is 2.29. The molecule has 0 saturated heterocycles. The predicted octanol–water partition coefficient (Wildman–Crippen LogP) is -0.0125. The first-order chi connectivity index (χ1) is 14.5. The highest BCUT2D eigenvalue weighted by molar-refractivity contribution is 6.30. The number of aromatic nitrogens is 4.